The quantitative estimate of drug-likeness (QED) is 0.468. The maximum absolute atomic E-state index is 12.4. The van der Waals surface area contributed by atoms with Crippen LogP contribution in [0, 0.1) is 0 Å². The largest absolute Gasteiger partial charge is 0.496 e. The number of pyridine rings is 2. The average Bonchev–Trinajstić information content (AvgIpc) is 3.16. The van der Waals surface area contributed by atoms with Crippen molar-refractivity contribution in [2.45, 2.75) is 20.4 Å². The fraction of sp³-hybridized carbons (Fsp3) is 0.250. The minimum absolute atomic E-state index is 0.128. The van der Waals surface area contributed by atoms with Gasteiger partial charge in [-0.3, -0.25) is 14.5 Å². The summed E-state index contributed by atoms with van der Waals surface area (Å²) in [6, 6.07) is 9.59. The third kappa shape index (κ3) is 3.64. The monoisotopic (exact) mass is 430 g/mol. The summed E-state index contributed by atoms with van der Waals surface area (Å²) >= 11 is 0. The number of nitrogens with two attached hydrogens (primary N) is 1. The molecule has 0 saturated carbocycles. The van der Waals surface area contributed by atoms with Crippen molar-refractivity contribution in [3.05, 3.63) is 59.7 Å². The molecule has 8 heteroatoms. The van der Waals surface area contributed by atoms with E-state index in [1.54, 1.807) is 20.2 Å². The lowest BCUT2D eigenvalue weighted by atomic mass is 9.97. The predicted molar refractivity (Wildman–Crippen MR) is 127 cm³/mol. The van der Waals surface area contributed by atoms with Crippen LogP contribution in [0.15, 0.2) is 48.4 Å². The van der Waals surface area contributed by atoms with Gasteiger partial charge in [-0.05, 0) is 38.1 Å². The molecule has 0 saturated heterocycles. The van der Waals surface area contributed by atoms with E-state index in [0.717, 1.165) is 33.3 Å². The molecule has 0 fully saturated rings. The number of ketones is 1. The van der Waals surface area contributed by atoms with Gasteiger partial charge in [0.15, 0.2) is 5.78 Å². The topological polar surface area (TPSA) is 99.2 Å². The third-order valence-electron chi connectivity index (χ3n) is 5.36. The number of fused-ring (bicyclic) bond motifs is 3. The number of benzene rings is 1. The first-order valence-corrected chi connectivity index (χ1v) is 10.2. The molecule has 8 nitrogen and oxygen atoms in total. The molecule has 0 unspecified atom stereocenters. The van der Waals surface area contributed by atoms with E-state index in [-0.39, 0.29) is 5.78 Å². The van der Waals surface area contributed by atoms with Crippen molar-refractivity contribution >= 4 is 39.0 Å². The molecule has 1 aromatic carbocycles. The number of nitrogens with zero attached hydrogens (tertiary/aromatic N) is 5. The Kier molecular flexibility index (Phi) is 5.52. The summed E-state index contributed by atoms with van der Waals surface area (Å²) in [7, 11) is 5.47. The van der Waals surface area contributed by atoms with E-state index in [1.165, 1.54) is 6.92 Å². The molecular formula is C24H26N6O2. The lowest BCUT2D eigenvalue weighted by molar-refractivity contribution is -0.111. The van der Waals surface area contributed by atoms with Gasteiger partial charge in [0.05, 0.1) is 42.0 Å². The molecule has 3 heterocycles. The van der Waals surface area contributed by atoms with Crippen LogP contribution in [0.2, 0.25) is 0 Å². The highest BCUT2D eigenvalue weighted by molar-refractivity contribution is 6.22. The van der Waals surface area contributed by atoms with Crippen molar-refractivity contribution in [3.63, 3.8) is 0 Å². The zero-order valence-corrected chi connectivity index (χ0v) is 18.9. The fourth-order valence-corrected chi connectivity index (χ4v) is 4.01. The van der Waals surface area contributed by atoms with Crippen LogP contribution in [-0.4, -0.2) is 46.7 Å². The van der Waals surface area contributed by atoms with E-state index in [4.69, 9.17) is 15.5 Å². The third-order valence-corrected chi connectivity index (χ3v) is 5.36. The molecule has 3 aromatic heterocycles. The predicted octanol–water partition coefficient (Wildman–Crippen LogP) is 3.38. The van der Waals surface area contributed by atoms with E-state index in [1.807, 2.05) is 60.2 Å². The normalized spacial score (nSPS) is 12.2. The Morgan fingerprint density at radius 2 is 1.97 bits per heavy atom. The summed E-state index contributed by atoms with van der Waals surface area (Å²) in [6.45, 7) is 3.73. The van der Waals surface area contributed by atoms with Crippen LogP contribution in [0.1, 0.15) is 25.1 Å². The summed E-state index contributed by atoms with van der Waals surface area (Å²) in [5.74, 6) is 1.21. The Hall–Kier alpha value is -3.94. The molecular weight excluding hydrogens is 404 g/mol. The number of carbonyl (C=O) groups is 1. The van der Waals surface area contributed by atoms with E-state index in [9.17, 15) is 4.79 Å². The number of aromatic nitrogens is 4. The molecule has 0 aliphatic carbocycles. The van der Waals surface area contributed by atoms with Crippen molar-refractivity contribution < 1.29 is 9.53 Å². The second-order valence-electron chi connectivity index (χ2n) is 7.90. The molecule has 0 radical (unpaired) electrons. The van der Waals surface area contributed by atoms with Gasteiger partial charge in [-0.25, -0.2) is 4.98 Å². The van der Waals surface area contributed by atoms with Crippen LogP contribution >= 0.6 is 0 Å². The van der Waals surface area contributed by atoms with Gasteiger partial charge >= 0.3 is 0 Å². The highest BCUT2D eigenvalue weighted by atomic mass is 16.5. The molecule has 0 spiro atoms. The van der Waals surface area contributed by atoms with Gasteiger partial charge < -0.3 is 15.4 Å². The second-order valence-corrected chi connectivity index (χ2v) is 7.90. The number of Topliss-reactive ketones (excluding diaryl/α,β-unsaturated/α-hetero) is 1. The molecule has 0 bridgehead atoms. The van der Waals surface area contributed by atoms with Crippen molar-refractivity contribution in [2.75, 3.05) is 26.1 Å². The smallest absolute Gasteiger partial charge is 0.162 e. The Morgan fingerprint density at radius 3 is 2.56 bits per heavy atom. The van der Waals surface area contributed by atoms with Crippen molar-refractivity contribution in [2.24, 2.45) is 5.73 Å². The number of rotatable bonds is 6. The number of hydrogen-bond donors (Lipinski definition) is 1. The standard InChI is InChI=1S/C24H26N6O2/c1-14(25)22(15(2)31)18-10-20-17(11-21(18)32-5)23-19(24(28-20)29(3)4)12-27-30(23)13-16-8-6-7-9-26-16/h6-12H,13,25H2,1-5H3. The molecule has 0 aliphatic heterocycles. The first-order valence-electron chi connectivity index (χ1n) is 10.2. The number of hydrogen-bond acceptors (Lipinski definition) is 7. The Labute approximate surface area is 186 Å². The zero-order valence-electron chi connectivity index (χ0n) is 18.9. The second kappa shape index (κ2) is 8.30. The number of ether oxygens (including phenoxy) is 1. The van der Waals surface area contributed by atoms with E-state index in [0.29, 0.717) is 29.1 Å². The molecule has 4 aromatic rings. The Bertz CT molecular complexity index is 1350. The van der Waals surface area contributed by atoms with Gasteiger partial charge in [-0.15, -0.1) is 0 Å². The molecule has 4 rings (SSSR count). The average molecular weight is 431 g/mol. The molecule has 0 amide bonds. The molecule has 32 heavy (non-hydrogen) atoms. The Balaban J connectivity index is 2.06. The molecule has 2 N–H and O–H groups in total. The number of carbonyl (C=O) groups excluding carboxylic acids is 1. The fourth-order valence-electron chi connectivity index (χ4n) is 4.01. The van der Waals surface area contributed by atoms with Crippen molar-refractivity contribution in [1.82, 2.24) is 19.7 Å². The highest BCUT2D eigenvalue weighted by Crippen LogP contribution is 2.37. The summed E-state index contributed by atoms with van der Waals surface area (Å²) in [6.07, 6.45) is 3.59. The van der Waals surface area contributed by atoms with Crippen LogP contribution in [0.4, 0.5) is 5.82 Å². The molecule has 0 aliphatic rings. The minimum atomic E-state index is -0.128. The van der Waals surface area contributed by atoms with Gasteiger partial charge in [0, 0.05) is 42.5 Å². The maximum atomic E-state index is 12.4. The van der Waals surface area contributed by atoms with E-state index >= 15 is 0 Å². The van der Waals surface area contributed by atoms with Gasteiger partial charge in [-0.1, -0.05) is 6.07 Å². The summed E-state index contributed by atoms with van der Waals surface area (Å²) in [5.41, 5.74) is 10.1. The Morgan fingerprint density at radius 1 is 1.19 bits per heavy atom. The van der Waals surface area contributed by atoms with Crippen LogP contribution in [0.5, 0.6) is 5.75 Å². The van der Waals surface area contributed by atoms with Crippen LogP contribution in [0.3, 0.4) is 0 Å². The first kappa shape index (κ1) is 21.3. The molecule has 164 valence electrons. The lowest BCUT2D eigenvalue weighted by Crippen LogP contribution is -2.12. The van der Waals surface area contributed by atoms with Gasteiger partial charge in [0.25, 0.3) is 0 Å². The van der Waals surface area contributed by atoms with Crippen LogP contribution < -0.4 is 15.4 Å². The van der Waals surface area contributed by atoms with Gasteiger partial charge in [0.2, 0.25) is 0 Å². The molecule has 0 atom stereocenters. The number of anilines is 1. The van der Waals surface area contributed by atoms with E-state index in [2.05, 4.69) is 10.1 Å². The number of allylic oxidation sites excluding steroid dienone is 2. The summed E-state index contributed by atoms with van der Waals surface area (Å²) in [4.78, 5) is 23.6. The summed E-state index contributed by atoms with van der Waals surface area (Å²) < 4.78 is 7.59. The van der Waals surface area contributed by atoms with E-state index < -0.39 is 0 Å². The van der Waals surface area contributed by atoms with Crippen LogP contribution in [0.25, 0.3) is 27.4 Å². The van der Waals surface area contributed by atoms with Crippen molar-refractivity contribution in [3.8, 4) is 5.75 Å². The number of methoxy groups -OCH3 is 1. The van der Waals surface area contributed by atoms with Gasteiger partial charge in [0.1, 0.15) is 11.6 Å². The zero-order chi connectivity index (χ0) is 23.0. The lowest BCUT2D eigenvalue weighted by Gasteiger charge is -2.17. The SMILES string of the molecule is COc1cc2c(cc1C(C(C)=O)=C(C)N)nc(N(C)C)c1cnn(Cc3ccccn3)c12. The van der Waals surface area contributed by atoms with Gasteiger partial charge in [-0.2, -0.15) is 5.10 Å². The van der Waals surface area contributed by atoms with Crippen LogP contribution in [-0.2, 0) is 11.3 Å². The van der Waals surface area contributed by atoms with Crippen molar-refractivity contribution in [1.29, 1.82) is 0 Å². The first-order chi connectivity index (χ1) is 15.3. The minimum Gasteiger partial charge on any atom is -0.496 e. The maximum Gasteiger partial charge on any atom is 0.162 e. The highest BCUT2D eigenvalue weighted by Gasteiger charge is 2.21. The summed E-state index contributed by atoms with van der Waals surface area (Å²) in [5, 5.41) is 6.43.